The third-order valence-corrected chi connectivity index (χ3v) is 2.73. The molecule has 0 saturated carbocycles. The number of benzene rings is 1. The lowest BCUT2D eigenvalue weighted by Gasteiger charge is -2.03. The number of halogens is 5. The molecule has 0 saturated heterocycles. The third kappa shape index (κ3) is 2.40. The number of nitrogens with zero attached hydrogens (tertiary/aromatic N) is 1. The van der Waals surface area contributed by atoms with Crippen molar-refractivity contribution in [2.75, 3.05) is 0 Å². The number of H-pyrrole nitrogens is 1. The van der Waals surface area contributed by atoms with Crippen LogP contribution in [0.1, 0.15) is 5.69 Å². The Morgan fingerprint density at radius 3 is 2.12 bits per heavy atom. The molecular weight excluding hydrogens is 276 g/mol. The van der Waals surface area contributed by atoms with E-state index in [1.165, 1.54) is 0 Å². The van der Waals surface area contributed by atoms with Crippen LogP contribution in [0.25, 0.3) is 11.3 Å². The minimum atomic E-state index is -4.55. The molecule has 1 aromatic heterocycles. The molecule has 2 rings (SSSR count). The predicted octanol–water partition coefficient (Wildman–Crippen LogP) is 4.40. The molecule has 1 heterocycles. The molecule has 0 spiro atoms. The SMILES string of the molecule is FC(F)(F)c1[nH]nc(-c2ccc(Cl)cc2)c1Cl. The van der Waals surface area contributed by atoms with E-state index in [2.05, 4.69) is 5.10 Å². The Kier molecular flexibility index (Phi) is 3.05. The molecule has 17 heavy (non-hydrogen) atoms. The van der Waals surface area contributed by atoms with Gasteiger partial charge >= 0.3 is 6.18 Å². The second-order valence-electron chi connectivity index (χ2n) is 3.27. The van der Waals surface area contributed by atoms with Gasteiger partial charge in [0.25, 0.3) is 0 Å². The topological polar surface area (TPSA) is 28.7 Å². The van der Waals surface area contributed by atoms with E-state index < -0.39 is 16.9 Å². The van der Waals surface area contributed by atoms with Gasteiger partial charge in [-0.1, -0.05) is 35.3 Å². The highest BCUT2D eigenvalue weighted by molar-refractivity contribution is 6.34. The van der Waals surface area contributed by atoms with Gasteiger partial charge in [0.1, 0.15) is 5.69 Å². The summed E-state index contributed by atoms with van der Waals surface area (Å²) in [6.45, 7) is 0. The van der Waals surface area contributed by atoms with Crippen LogP contribution in [-0.2, 0) is 6.18 Å². The van der Waals surface area contributed by atoms with E-state index in [0.29, 0.717) is 10.6 Å². The normalized spacial score (nSPS) is 11.8. The zero-order valence-corrected chi connectivity index (χ0v) is 9.66. The van der Waals surface area contributed by atoms with Crippen molar-refractivity contribution in [2.24, 2.45) is 0 Å². The van der Waals surface area contributed by atoms with Crippen LogP contribution in [-0.4, -0.2) is 10.2 Å². The second-order valence-corrected chi connectivity index (χ2v) is 4.08. The smallest absolute Gasteiger partial charge is 0.272 e. The van der Waals surface area contributed by atoms with Crippen LogP contribution in [0.5, 0.6) is 0 Å². The summed E-state index contributed by atoms with van der Waals surface area (Å²) < 4.78 is 37.4. The minimum Gasteiger partial charge on any atom is -0.272 e. The number of nitrogens with one attached hydrogen (secondary N) is 1. The largest absolute Gasteiger partial charge is 0.434 e. The van der Waals surface area contributed by atoms with E-state index in [1.807, 2.05) is 5.10 Å². The Bertz CT molecular complexity index is 531. The molecule has 7 heteroatoms. The predicted molar refractivity (Wildman–Crippen MR) is 59.0 cm³/mol. The van der Waals surface area contributed by atoms with Gasteiger partial charge in [-0.05, 0) is 12.1 Å². The molecule has 0 amide bonds. The molecule has 0 aliphatic rings. The van der Waals surface area contributed by atoms with E-state index in [-0.39, 0.29) is 5.69 Å². The first-order chi connectivity index (χ1) is 7.89. The average molecular weight is 281 g/mol. The summed E-state index contributed by atoms with van der Waals surface area (Å²) in [5, 5.41) is 5.49. The number of hydrogen-bond donors (Lipinski definition) is 1. The first-order valence-corrected chi connectivity index (χ1v) is 5.22. The lowest BCUT2D eigenvalue weighted by atomic mass is 10.1. The van der Waals surface area contributed by atoms with Crippen molar-refractivity contribution in [1.29, 1.82) is 0 Å². The molecule has 1 aromatic carbocycles. The van der Waals surface area contributed by atoms with Gasteiger partial charge in [-0.15, -0.1) is 0 Å². The molecule has 90 valence electrons. The van der Waals surface area contributed by atoms with Gasteiger partial charge in [-0.25, -0.2) is 0 Å². The van der Waals surface area contributed by atoms with Crippen molar-refractivity contribution < 1.29 is 13.2 Å². The third-order valence-electron chi connectivity index (χ3n) is 2.11. The number of hydrogen-bond acceptors (Lipinski definition) is 1. The van der Waals surface area contributed by atoms with Crippen molar-refractivity contribution in [3.05, 3.63) is 40.0 Å². The molecule has 0 atom stereocenters. The van der Waals surface area contributed by atoms with Gasteiger partial charge in [0.2, 0.25) is 0 Å². The lowest BCUT2D eigenvalue weighted by molar-refractivity contribution is -0.141. The standard InChI is InChI=1S/C10H5Cl2F3N2/c11-6-3-1-5(2-4-6)8-7(12)9(17-16-8)10(13,14)15/h1-4H,(H,16,17). The average Bonchev–Trinajstić information content (AvgIpc) is 2.61. The maximum atomic E-state index is 12.5. The Morgan fingerprint density at radius 2 is 1.65 bits per heavy atom. The van der Waals surface area contributed by atoms with Crippen LogP contribution in [0.3, 0.4) is 0 Å². The molecule has 0 fully saturated rings. The highest BCUT2D eigenvalue weighted by Crippen LogP contribution is 2.38. The van der Waals surface area contributed by atoms with Crippen molar-refractivity contribution in [3.8, 4) is 11.3 Å². The summed E-state index contributed by atoms with van der Waals surface area (Å²) in [4.78, 5) is 0. The van der Waals surface area contributed by atoms with Crippen LogP contribution < -0.4 is 0 Å². The minimum absolute atomic E-state index is 0.0515. The van der Waals surface area contributed by atoms with Crippen LogP contribution in [0, 0.1) is 0 Å². The Morgan fingerprint density at radius 1 is 1.06 bits per heavy atom. The highest BCUT2D eigenvalue weighted by Gasteiger charge is 2.37. The monoisotopic (exact) mass is 280 g/mol. The fourth-order valence-electron chi connectivity index (χ4n) is 1.32. The molecule has 0 unspecified atom stereocenters. The van der Waals surface area contributed by atoms with Gasteiger partial charge < -0.3 is 0 Å². The molecular formula is C10H5Cl2F3N2. The van der Waals surface area contributed by atoms with Gasteiger partial charge in [0.15, 0.2) is 5.69 Å². The van der Waals surface area contributed by atoms with Crippen LogP contribution in [0.4, 0.5) is 13.2 Å². The summed E-state index contributed by atoms with van der Waals surface area (Å²) in [7, 11) is 0. The summed E-state index contributed by atoms with van der Waals surface area (Å²) >= 11 is 11.3. The summed E-state index contributed by atoms with van der Waals surface area (Å²) in [6, 6.07) is 6.19. The Balaban J connectivity index is 2.48. The first kappa shape index (κ1) is 12.3. The maximum Gasteiger partial charge on any atom is 0.434 e. The molecule has 2 nitrogen and oxygen atoms in total. The fraction of sp³-hybridized carbons (Fsp3) is 0.100. The number of aromatic nitrogens is 2. The zero-order chi connectivity index (χ0) is 12.6. The van der Waals surface area contributed by atoms with Crippen LogP contribution in [0.15, 0.2) is 24.3 Å². The summed E-state index contributed by atoms with van der Waals surface area (Å²) in [6.07, 6.45) is -4.55. The van der Waals surface area contributed by atoms with Gasteiger partial charge in [-0.2, -0.15) is 18.3 Å². The number of alkyl halides is 3. The number of aromatic amines is 1. The fourth-order valence-corrected chi connectivity index (χ4v) is 1.74. The molecule has 2 aromatic rings. The van der Waals surface area contributed by atoms with Crippen molar-refractivity contribution in [1.82, 2.24) is 10.2 Å². The van der Waals surface area contributed by atoms with Crippen molar-refractivity contribution >= 4 is 23.2 Å². The zero-order valence-electron chi connectivity index (χ0n) is 8.15. The van der Waals surface area contributed by atoms with E-state index >= 15 is 0 Å². The molecule has 0 aliphatic carbocycles. The first-order valence-electron chi connectivity index (χ1n) is 4.46. The van der Waals surface area contributed by atoms with Gasteiger partial charge in [-0.3, -0.25) is 5.10 Å². The van der Waals surface area contributed by atoms with E-state index in [4.69, 9.17) is 23.2 Å². The number of rotatable bonds is 1. The van der Waals surface area contributed by atoms with E-state index in [0.717, 1.165) is 0 Å². The summed E-state index contributed by atoms with van der Waals surface area (Å²) in [5.41, 5.74) is -0.536. The molecule has 1 N–H and O–H groups in total. The quantitative estimate of drug-likeness (QED) is 0.824. The van der Waals surface area contributed by atoms with Gasteiger partial charge in [0.05, 0.1) is 5.02 Å². The maximum absolute atomic E-state index is 12.5. The summed E-state index contributed by atoms with van der Waals surface area (Å²) in [5.74, 6) is 0. The van der Waals surface area contributed by atoms with E-state index in [1.54, 1.807) is 24.3 Å². The lowest BCUT2D eigenvalue weighted by Crippen LogP contribution is -2.05. The van der Waals surface area contributed by atoms with Crippen LogP contribution >= 0.6 is 23.2 Å². The Hall–Kier alpha value is -1.20. The Labute approximate surface area is 104 Å². The molecule has 0 aliphatic heterocycles. The van der Waals surface area contributed by atoms with Gasteiger partial charge in [0, 0.05) is 10.6 Å². The molecule has 0 bridgehead atoms. The molecule has 0 radical (unpaired) electrons. The van der Waals surface area contributed by atoms with Crippen molar-refractivity contribution in [2.45, 2.75) is 6.18 Å². The van der Waals surface area contributed by atoms with E-state index in [9.17, 15) is 13.2 Å². The second kappa shape index (κ2) is 4.23. The highest BCUT2D eigenvalue weighted by atomic mass is 35.5. The van der Waals surface area contributed by atoms with Crippen molar-refractivity contribution in [3.63, 3.8) is 0 Å². The van der Waals surface area contributed by atoms with Crippen LogP contribution in [0.2, 0.25) is 10.0 Å².